The first kappa shape index (κ1) is 15.9. The summed E-state index contributed by atoms with van der Waals surface area (Å²) >= 11 is 5.75. The van der Waals surface area contributed by atoms with Gasteiger partial charge in [0.25, 0.3) is 5.91 Å². The maximum atomic E-state index is 11.5. The average Bonchev–Trinajstić information content (AvgIpc) is 3.05. The SMILES string of the molecule is O=C(COC(=O)c1ccco1)NCCOc1ccc(Cl)cc1. The highest BCUT2D eigenvalue weighted by Gasteiger charge is 2.12. The second-order valence-corrected chi connectivity index (χ2v) is 4.64. The van der Waals surface area contributed by atoms with Crippen molar-refractivity contribution < 1.29 is 23.5 Å². The minimum absolute atomic E-state index is 0.0545. The van der Waals surface area contributed by atoms with Crippen molar-refractivity contribution in [3.8, 4) is 5.75 Å². The molecule has 7 heteroatoms. The predicted octanol–water partition coefficient (Wildman–Crippen LogP) is 2.29. The number of esters is 1. The van der Waals surface area contributed by atoms with Gasteiger partial charge in [-0.1, -0.05) is 11.6 Å². The highest BCUT2D eigenvalue weighted by Crippen LogP contribution is 2.15. The number of carbonyl (C=O) groups excluding carboxylic acids is 2. The molecule has 0 aliphatic heterocycles. The number of amides is 1. The van der Waals surface area contributed by atoms with E-state index >= 15 is 0 Å². The van der Waals surface area contributed by atoms with Gasteiger partial charge in [0.15, 0.2) is 6.61 Å². The molecule has 1 aromatic carbocycles. The number of hydrogen-bond donors (Lipinski definition) is 1. The summed E-state index contributed by atoms with van der Waals surface area (Å²) in [4.78, 5) is 22.9. The van der Waals surface area contributed by atoms with E-state index in [0.717, 1.165) is 0 Å². The van der Waals surface area contributed by atoms with Crippen molar-refractivity contribution in [3.63, 3.8) is 0 Å². The first-order chi connectivity index (χ1) is 10.6. The van der Waals surface area contributed by atoms with Gasteiger partial charge in [0.2, 0.25) is 5.76 Å². The van der Waals surface area contributed by atoms with Gasteiger partial charge < -0.3 is 19.2 Å². The van der Waals surface area contributed by atoms with E-state index in [1.54, 1.807) is 30.3 Å². The molecule has 1 heterocycles. The molecule has 0 unspecified atom stereocenters. The minimum Gasteiger partial charge on any atom is -0.492 e. The maximum absolute atomic E-state index is 11.5. The molecule has 0 fully saturated rings. The van der Waals surface area contributed by atoms with Crippen molar-refractivity contribution in [1.29, 1.82) is 0 Å². The van der Waals surface area contributed by atoms with Gasteiger partial charge in [-0.25, -0.2) is 4.79 Å². The van der Waals surface area contributed by atoms with Crippen LogP contribution in [0.2, 0.25) is 5.02 Å². The zero-order valence-corrected chi connectivity index (χ0v) is 12.3. The molecular weight excluding hydrogens is 310 g/mol. The van der Waals surface area contributed by atoms with Gasteiger partial charge in [-0.05, 0) is 36.4 Å². The Bertz CT molecular complexity index is 609. The topological polar surface area (TPSA) is 77.8 Å². The van der Waals surface area contributed by atoms with Crippen LogP contribution in [-0.2, 0) is 9.53 Å². The van der Waals surface area contributed by atoms with Crippen LogP contribution in [0.4, 0.5) is 0 Å². The fourth-order valence-electron chi connectivity index (χ4n) is 1.54. The summed E-state index contributed by atoms with van der Waals surface area (Å²) in [5.41, 5.74) is 0. The van der Waals surface area contributed by atoms with E-state index in [9.17, 15) is 9.59 Å². The van der Waals surface area contributed by atoms with Crippen molar-refractivity contribution >= 4 is 23.5 Å². The Hall–Kier alpha value is -2.47. The van der Waals surface area contributed by atoms with Gasteiger partial charge in [0, 0.05) is 5.02 Å². The van der Waals surface area contributed by atoms with E-state index in [2.05, 4.69) is 5.32 Å². The predicted molar refractivity (Wildman–Crippen MR) is 78.9 cm³/mol. The van der Waals surface area contributed by atoms with Crippen molar-refractivity contribution in [2.45, 2.75) is 0 Å². The lowest BCUT2D eigenvalue weighted by molar-refractivity contribution is -0.124. The van der Waals surface area contributed by atoms with Crippen LogP contribution in [0, 0.1) is 0 Å². The van der Waals surface area contributed by atoms with Crippen LogP contribution < -0.4 is 10.1 Å². The molecule has 0 spiro atoms. The number of rotatable bonds is 7. The lowest BCUT2D eigenvalue weighted by Gasteiger charge is -2.08. The number of halogens is 1. The number of benzene rings is 1. The fraction of sp³-hybridized carbons (Fsp3) is 0.200. The third-order valence-corrected chi connectivity index (χ3v) is 2.82. The smallest absolute Gasteiger partial charge is 0.374 e. The molecule has 116 valence electrons. The molecule has 22 heavy (non-hydrogen) atoms. The Labute approximate surface area is 132 Å². The molecule has 0 aliphatic rings. The Kier molecular flexibility index (Phi) is 5.85. The molecule has 1 aromatic heterocycles. The lowest BCUT2D eigenvalue weighted by Crippen LogP contribution is -2.32. The van der Waals surface area contributed by atoms with Gasteiger partial charge in [0.05, 0.1) is 12.8 Å². The fourth-order valence-corrected chi connectivity index (χ4v) is 1.66. The summed E-state index contributed by atoms with van der Waals surface area (Å²) in [7, 11) is 0. The molecule has 0 bridgehead atoms. The van der Waals surface area contributed by atoms with E-state index in [1.807, 2.05) is 0 Å². The molecule has 0 atom stereocenters. The summed E-state index contributed by atoms with van der Waals surface area (Å²) in [6, 6.07) is 9.91. The Balaban J connectivity index is 1.59. The lowest BCUT2D eigenvalue weighted by atomic mass is 10.3. The standard InChI is InChI=1S/C15H14ClNO5/c16-11-3-5-12(6-4-11)20-9-7-17-14(18)10-22-15(19)13-2-1-8-21-13/h1-6,8H,7,9-10H2,(H,17,18). The monoisotopic (exact) mass is 323 g/mol. The van der Waals surface area contributed by atoms with Gasteiger partial charge >= 0.3 is 5.97 Å². The molecule has 2 rings (SSSR count). The van der Waals surface area contributed by atoms with Gasteiger partial charge in [-0.15, -0.1) is 0 Å². The van der Waals surface area contributed by atoms with Crippen LogP contribution >= 0.6 is 11.6 Å². The Morgan fingerprint density at radius 1 is 1.18 bits per heavy atom. The third kappa shape index (κ3) is 5.14. The van der Waals surface area contributed by atoms with Crippen LogP contribution in [-0.4, -0.2) is 31.6 Å². The molecule has 0 saturated carbocycles. The first-order valence-electron chi connectivity index (χ1n) is 6.51. The molecule has 0 saturated heterocycles. The first-order valence-corrected chi connectivity index (χ1v) is 6.88. The largest absolute Gasteiger partial charge is 0.492 e. The number of nitrogens with one attached hydrogen (secondary N) is 1. The molecule has 0 radical (unpaired) electrons. The molecule has 1 N–H and O–H groups in total. The van der Waals surface area contributed by atoms with Crippen LogP contribution in [0.3, 0.4) is 0 Å². The van der Waals surface area contributed by atoms with Crippen molar-refractivity contribution in [3.05, 3.63) is 53.4 Å². The van der Waals surface area contributed by atoms with Gasteiger partial charge in [-0.2, -0.15) is 0 Å². The van der Waals surface area contributed by atoms with E-state index in [0.29, 0.717) is 23.9 Å². The number of ether oxygens (including phenoxy) is 2. The molecule has 2 aromatic rings. The van der Waals surface area contributed by atoms with Gasteiger partial charge in [0.1, 0.15) is 12.4 Å². The van der Waals surface area contributed by atoms with Crippen LogP contribution in [0.1, 0.15) is 10.6 Å². The summed E-state index contributed by atoms with van der Waals surface area (Å²) in [5.74, 6) is -0.390. The van der Waals surface area contributed by atoms with Crippen molar-refractivity contribution in [1.82, 2.24) is 5.32 Å². The third-order valence-electron chi connectivity index (χ3n) is 2.56. The summed E-state index contributed by atoms with van der Waals surface area (Å²) in [6.07, 6.45) is 1.35. The summed E-state index contributed by atoms with van der Waals surface area (Å²) in [6.45, 7) is 0.208. The van der Waals surface area contributed by atoms with Crippen molar-refractivity contribution in [2.24, 2.45) is 0 Å². The number of hydrogen-bond acceptors (Lipinski definition) is 5. The second-order valence-electron chi connectivity index (χ2n) is 4.21. The number of carbonyl (C=O) groups is 2. The zero-order chi connectivity index (χ0) is 15.8. The second kappa shape index (κ2) is 8.09. The molecular formula is C15H14ClNO5. The van der Waals surface area contributed by atoms with Crippen LogP contribution in [0.25, 0.3) is 0 Å². The average molecular weight is 324 g/mol. The van der Waals surface area contributed by atoms with E-state index in [-0.39, 0.29) is 12.4 Å². The minimum atomic E-state index is -0.683. The van der Waals surface area contributed by atoms with Crippen LogP contribution in [0.5, 0.6) is 5.75 Å². The summed E-state index contributed by atoms with van der Waals surface area (Å²) in [5, 5.41) is 3.19. The zero-order valence-electron chi connectivity index (χ0n) is 11.6. The van der Waals surface area contributed by atoms with Crippen LogP contribution in [0.15, 0.2) is 47.1 Å². The van der Waals surface area contributed by atoms with Gasteiger partial charge in [-0.3, -0.25) is 4.79 Å². The highest BCUT2D eigenvalue weighted by atomic mass is 35.5. The number of furan rings is 1. The van der Waals surface area contributed by atoms with E-state index < -0.39 is 11.9 Å². The molecule has 6 nitrogen and oxygen atoms in total. The molecule has 0 aliphatic carbocycles. The normalized spacial score (nSPS) is 10.0. The Morgan fingerprint density at radius 3 is 2.64 bits per heavy atom. The van der Waals surface area contributed by atoms with Crippen molar-refractivity contribution in [2.75, 3.05) is 19.8 Å². The molecule has 1 amide bonds. The highest BCUT2D eigenvalue weighted by molar-refractivity contribution is 6.30. The van der Waals surface area contributed by atoms with E-state index in [4.69, 9.17) is 25.5 Å². The van der Waals surface area contributed by atoms with E-state index in [1.165, 1.54) is 12.3 Å². The summed E-state index contributed by atoms with van der Waals surface area (Å²) < 4.78 is 15.0. The Morgan fingerprint density at radius 2 is 1.95 bits per heavy atom. The quantitative estimate of drug-likeness (QED) is 0.625. The maximum Gasteiger partial charge on any atom is 0.374 e.